The average Bonchev–Trinajstić information content (AvgIpc) is 2.76. The summed E-state index contributed by atoms with van der Waals surface area (Å²) in [4.78, 5) is 0. The van der Waals surface area contributed by atoms with Crippen LogP contribution in [0.3, 0.4) is 0 Å². The van der Waals surface area contributed by atoms with Gasteiger partial charge in [-0.15, -0.1) is 0 Å². The fourth-order valence-electron chi connectivity index (χ4n) is 5.42. The summed E-state index contributed by atoms with van der Waals surface area (Å²) < 4.78 is 0. The van der Waals surface area contributed by atoms with Crippen LogP contribution in [0.5, 0.6) is 0 Å². The maximum absolute atomic E-state index is 10.4. The summed E-state index contributed by atoms with van der Waals surface area (Å²) >= 11 is 0. The Balaban J connectivity index is 1.95. The molecule has 0 saturated heterocycles. The summed E-state index contributed by atoms with van der Waals surface area (Å²) in [6, 6.07) is 0. The molecule has 0 heterocycles. The molecule has 1 nitrogen and oxygen atoms in total. The van der Waals surface area contributed by atoms with Gasteiger partial charge < -0.3 is 5.11 Å². The van der Waals surface area contributed by atoms with Crippen LogP contribution >= 0.6 is 0 Å². The lowest BCUT2D eigenvalue weighted by Gasteiger charge is -2.51. The lowest BCUT2D eigenvalue weighted by Crippen LogP contribution is -2.49. The highest BCUT2D eigenvalue weighted by atomic mass is 16.3. The summed E-state index contributed by atoms with van der Waals surface area (Å²) in [7, 11) is 0. The van der Waals surface area contributed by atoms with E-state index in [2.05, 4.69) is 27.7 Å². The zero-order valence-corrected chi connectivity index (χ0v) is 11.2. The number of aliphatic hydroxyl groups is 1. The number of aliphatic hydroxyl groups excluding tert-OH is 1. The smallest absolute Gasteiger partial charge is 0.0596 e. The van der Waals surface area contributed by atoms with Gasteiger partial charge in [0.1, 0.15) is 0 Å². The normalized spacial score (nSPS) is 58.7. The molecule has 0 radical (unpaired) electrons. The highest BCUT2D eigenvalue weighted by Gasteiger charge is 2.68. The van der Waals surface area contributed by atoms with Crippen molar-refractivity contribution in [1.29, 1.82) is 0 Å². The van der Waals surface area contributed by atoms with Crippen LogP contribution < -0.4 is 0 Å². The van der Waals surface area contributed by atoms with Crippen LogP contribution in [0.4, 0.5) is 0 Å². The quantitative estimate of drug-likeness (QED) is 0.665. The van der Waals surface area contributed by atoms with E-state index in [0.29, 0.717) is 5.41 Å². The monoisotopic (exact) mass is 222 g/mol. The Labute approximate surface area is 99.6 Å². The van der Waals surface area contributed by atoms with E-state index < -0.39 is 0 Å². The van der Waals surface area contributed by atoms with Crippen molar-refractivity contribution in [1.82, 2.24) is 0 Å². The fourth-order valence-corrected chi connectivity index (χ4v) is 5.42. The first kappa shape index (κ1) is 11.1. The molecule has 16 heavy (non-hydrogen) atoms. The minimum Gasteiger partial charge on any atom is -0.393 e. The van der Waals surface area contributed by atoms with E-state index in [1.165, 1.54) is 19.3 Å². The van der Waals surface area contributed by atoms with Crippen LogP contribution in [0.1, 0.15) is 53.4 Å². The van der Waals surface area contributed by atoms with Crippen LogP contribution in [-0.4, -0.2) is 11.2 Å². The van der Waals surface area contributed by atoms with Gasteiger partial charge in [-0.05, 0) is 60.2 Å². The standard InChI is InChI=1S/C15H26O/c1-9-5-6-11(16)15(4)8-7-10-13(12(9)15)14(10,2)3/h9-13,16H,5-8H2,1-4H3/t9-,10-,11-,12+,13-,15+/m1/s1. The Kier molecular flexibility index (Phi) is 2.11. The second kappa shape index (κ2) is 3.04. The van der Waals surface area contributed by atoms with E-state index >= 15 is 0 Å². The van der Waals surface area contributed by atoms with Crippen LogP contribution in [0.15, 0.2) is 0 Å². The molecule has 0 spiro atoms. The van der Waals surface area contributed by atoms with Crippen LogP contribution in [-0.2, 0) is 0 Å². The summed E-state index contributed by atoms with van der Waals surface area (Å²) in [6.45, 7) is 9.68. The van der Waals surface area contributed by atoms with Gasteiger partial charge in [-0.25, -0.2) is 0 Å². The second-order valence-corrected chi connectivity index (χ2v) is 7.59. The predicted octanol–water partition coefficient (Wildman–Crippen LogP) is 3.47. The maximum atomic E-state index is 10.4. The van der Waals surface area contributed by atoms with Gasteiger partial charge in [0.15, 0.2) is 0 Å². The van der Waals surface area contributed by atoms with Crippen molar-refractivity contribution in [3.8, 4) is 0 Å². The van der Waals surface area contributed by atoms with Crippen molar-refractivity contribution >= 4 is 0 Å². The molecule has 0 bridgehead atoms. The van der Waals surface area contributed by atoms with Gasteiger partial charge in [0.05, 0.1) is 6.10 Å². The third-order valence-electron chi connectivity index (χ3n) is 6.55. The van der Waals surface area contributed by atoms with Gasteiger partial charge in [0, 0.05) is 0 Å². The summed E-state index contributed by atoms with van der Waals surface area (Å²) in [5.74, 6) is 3.46. The zero-order chi connectivity index (χ0) is 11.7. The predicted molar refractivity (Wildman–Crippen MR) is 66.0 cm³/mol. The number of hydrogen-bond acceptors (Lipinski definition) is 1. The Morgan fingerprint density at radius 2 is 1.69 bits per heavy atom. The van der Waals surface area contributed by atoms with Crippen molar-refractivity contribution in [2.75, 3.05) is 0 Å². The van der Waals surface area contributed by atoms with Gasteiger partial charge in [-0.2, -0.15) is 0 Å². The SMILES string of the molecule is C[C@@H]1CC[C@@H](O)[C@]2(C)CC[C@@H]3[C@H]([C@H]12)C3(C)C. The van der Waals surface area contributed by atoms with E-state index in [9.17, 15) is 5.11 Å². The van der Waals surface area contributed by atoms with Gasteiger partial charge in [-0.1, -0.05) is 27.7 Å². The Bertz CT molecular complexity index is 309. The molecule has 0 unspecified atom stereocenters. The van der Waals surface area contributed by atoms with Crippen LogP contribution in [0, 0.1) is 34.5 Å². The highest BCUT2D eigenvalue weighted by Crippen LogP contribution is 2.73. The molecule has 6 atom stereocenters. The maximum Gasteiger partial charge on any atom is 0.0596 e. The van der Waals surface area contributed by atoms with Gasteiger partial charge in [-0.3, -0.25) is 0 Å². The zero-order valence-electron chi connectivity index (χ0n) is 11.2. The molecular formula is C15H26O. The fraction of sp³-hybridized carbons (Fsp3) is 1.00. The highest BCUT2D eigenvalue weighted by molar-refractivity contribution is 5.16. The van der Waals surface area contributed by atoms with Crippen molar-refractivity contribution < 1.29 is 5.11 Å². The molecule has 3 aliphatic carbocycles. The molecule has 92 valence electrons. The van der Waals surface area contributed by atoms with Crippen LogP contribution in [0.25, 0.3) is 0 Å². The average molecular weight is 222 g/mol. The molecule has 1 heteroatoms. The third-order valence-corrected chi connectivity index (χ3v) is 6.55. The third kappa shape index (κ3) is 1.16. The van der Waals surface area contributed by atoms with Gasteiger partial charge in [0.25, 0.3) is 0 Å². The molecule has 0 aromatic rings. The number of rotatable bonds is 0. The van der Waals surface area contributed by atoms with Crippen molar-refractivity contribution in [2.24, 2.45) is 34.5 Å². The minimum absolute atomic E-state index is 0.0361. The van der Waals surface area contributed by atoms with E-state index in [1.807, 2.05) is 0 Å². The Morgan fingerprint density at radius 1 is 1.00 bits per heavy atom. The van der Waals surface area contributed by atoms with E-state index in [1.54, 1.807) is 0 Å². The Hall–Kier alpha value is -0.0400. The van der Waals surface area contributed by atoms with Crippen molar-refractivity contribution in [3.63, 3.8) is 0 Å². The summed E-state index contributed by atoms with van der Waals surface area (Å²) in [5, 5.41) is 10.4. The number of hydrogen-bond donors (Lipinski definition) is 1. The first-order valence-electron chi connectivity index (χ1n) is 7.07. The summed E-state index contributed by atoms with van der Waals surface area (Å²) in [6.07, 6.45) is 4.85. The largest absolute Gasteiger partial charge is 0.393 e. The summed E-state index contributed by atoms with van der Waals surface area (Å²) in [5.41, 5.74) is 0.792. The van der Waals surface area contributed by atoms with Crippen LogP contribution in [0.2, 0.25) is 0 Å². The van der Waals surface area contributed by atoms with Gasteiger partial charge in [0.2, 0.25) is 0 Å². The first-order chi connectivity index (χ1) is 7.39. The molecule has 0 aliphatic heterocycles. The molecule has 0 aromatic carbocycles. The number of fused-ring (bicyclic) bond motifs is 3. The topological polar surface area (TPSA) is 20.2 Å². The Morgan fingerprint density at radius 3 is 2.38 bits per heavy atom. The first-order valence-corrected chi connectivity index (χ1v) is 7.07. The van der Waals surface area contributed by atoms with E-state index in [4.69, 9.17) is 0 Å². The van der Waals surface area contributed by atoms with E-state index in [-0.39, 0.29) is 11.5 Å². The van der Waals surface area contributed by atoms with Crippen molar-refractivity contribution in [2.45, 2.75) is 59.5 Å². The molecule has 1 N–H and O–H groups in total. The lowest BCUT2D eigenvalue weighted by molar-refractivity contribution is -0.0951. The van der Waals surface area contributed by atoms with E-state index in [0.717, 1.165) is 30.1 Å². The van der Waals surface area contributed by atoms with Crippen molar-refractivity contribution in [3.05, 3.63) is 0 Å². The molecule has 0 aromatic heterocycles. The lowest BCUT2D eigenvalue weighted by atomic mass is 9.55. The molecule has 3 fully saturated rings. The molecule has 3 aliphatic rings. The molecular weight excluding hydrogens is 196 g/mol. The second-order valence-electron chi connectivity index (χ2n) is 7.59. The minimum atomic E-state index is -0.0361. The van der Waals surface area contributed by atoms with Gasteiger partial charge >= 0.3 is 0 Å². The molecule has 3 rings (SSSR count). The molecule has 3 saturated carbocycles. The molecule has 0 amide bonds.